The van der Waals surface area contributed by atoms with E-state index in [0.29, 0.717) is 23.6 Å². The van der Waals surface area contributed by atoms with Crippen LogP contribution in [0.15, 0.2) is 70.5 Å². The van der Waals surface area contributed by atoms with E-state index in [1.165, 1.54) is 11.8 Å². The Morgan fingerprint density at radius 1 is 1.00 bits per heavy atom. The number of nitrogens with one attached hydrogen (secondary N) is 1. The fraction of sp³-hybridized carbons (Fsp3) is 0.227. The number of carbonyl (C=O) groups excluding carboxylic acids is 3. The van der Waals surface area contributed by atoms with Crippen LogP contribution in [0.5, 0.6) is 0 Å². The van der Waals surface area contributed by atoms with E-state index in [4.69, 9.17) is 11.6 Å². The SMILES string of the molecule is O=C(CN1C(=O)C2CC=CCC2C1=O)Nc1ccccc1Sc1ccc(Cl)cc1. The number of carbonyl (C=O) groups is 3. The van der Waals surface area contributed by atoms with Crippen molar-refractivity contribution >= 4 is 46.8 Å². The molecule has 1 aliphatic heterocycles. The highest BCUT2D eigenvalue weighted by atomic mass is 35.5. The van der Waals surface area contributed by atoms with Gasteiger partial charge in [0.15, 0.2) is 0 Å². The molecule has 1 N–H and O–H groups in total. The van der Waals surface area contributed by atoms with Gasteiger partial charge in [-0.05, 0) is 49.2 Å². The first kappa shape index (κ1) is 19.7. The fourth-order valence-electron chi connectivity index (χ4n) is 3.65. The molecule has 0 radical (unpaired) electrons. The van der Waals surface area contributed by atoms with Crippen molar-refractivity contribution in [1.82, 2.24) is 4.90 Å². The maximum Gasteiger partial charge on any atom is 0.244 e. The second-order valence-electron chi connectivity index (χ2n) is 7.02. The van der Waals surface area contributed by atoms with Gasteiger partial charge in [-0.2, -0.15) is 0 Å². The van der Waals surface area contributed by atoms with E-state index in [1.54, 1.807) is 6.07 Å². The molecule has 4 rings (SSSR count). The first-order valence-corrected chi connectivity index (χ1v) is 10.5. The summed E-state index contributed by atoms with van der Waals surface area (Å²) in [6.45, 7) is -0.259. The number of hydrogen-bond donors (Lipinski definition) is 1. The monoisotopic (exact) mass is 426 g/mol. The number of benzene rings is 2. The predicted octanol–water partition coefficient (Wildman–Crippen LogP) is 4.38. The quantitative estimate of drug-likeness (QED) is 0.569. The Kier molecular flexibility index (Phi) is 5.74. The van der Waals surface area contributed by atoms with Crippen molar-refractivity contribution in [2.45, 2.75) is 22.6 Å². The van der Waals surface area contributed by atoms with E-state index in [0.717, 1.165) is 14.7 Å². The average Bonchev–Trinajstić information content (AvgIpc) is 2.96. The van der Waals surface area contributed by atoms with Gasteiger partial charge in [0.05, 0.1) is 17.5 Å². The normalized spacial score (nSPS) is 20.7. The number of amides is 3. The standard InChI is InChI=1S/C22H19ClN2O3S/c23-14-9-11-15(12-10-14)29-19-8-4-3-7-18(19)24-20(26)13-25-21(27)16-5-1-2-6-17(16)22(25)28/h1-4,7-12,16-17H,5-6,13H2,(H,24,26). The first-order valence-electron chi connectivity index (χ1n) is 9.35. The van der Waals surface area contributed by atoms with Crippen molar-refractivity contribution < 1.29 is 14.4 Å². The molecule has 0 spiro atoms. The molecule has 2 aromatic rings. The van der Waals surface area contributed by atoms with Gasteiger partial charge in [0, 0.05) is 14.8 Å². The average molecular weight is 427 g/mol. The van der Waals surface area contributed by atoms with Crippen LogP contribution in [-0.2, 0) is 14.4 Å². The Balaban J connectivity index is 1.44. The molecule has 3 amide bonds. The number of rotatable bonds is 5. The molecule has 1 fully saturated rings. The Bertz CT molecular complexity index is 964. The third-order valence-electron chi connectivity index (χ3n) is 5.10. The highest BCUT2D eigenvalue weighted by Gasteiger charge is 2.47. The maximum absolute atomic E-state index is 12.6. The minimum atomic E-state index is -0.387. The zero-order valence-electron chi connectivity index (χ0n) is 15.5. The molecule has 0 bridgehead atoms. The van der Waals surface area contributed by atoms with Crippen molar-refractivity contribution in [3.8, 4) is 0 Å². The number of fused-ring (bicyclic) bond motifs is 1. The van der Waals surface area contributed by atoms with Crippen LogP contribution in [0.2, 0.25) is 5.02 Å². The molecule has 7 heteroatoms. The van der Waals surface area contributed by atoms with Crippen LogP contribution in [0.4, 0.5) is 5.69 Å². The summed E-state index contributed by atoms with van der Waals surface area (Å²) in [6.07, 6.45) is 4.99. The molecule has 148 valence electrons. The van der Waals surface area contributed by atoms with Gasteiger partial charge in [-0.1, -0.05) is 47.6 Å². The molecule has 29 heavy (non-hydrogen) atoms. The summed E-state index contributed by atoms with van der Waals surface area (Å²) in [7, 11) is 0. The summed E-state index contributed by atoms with van der Waals surface area (Å²) in [4.78, 5) is 40.7. The fourth-order valence-corrected chi connectivity index (χ4v) is 4.67. The smallest absolute Gasteiger partial charge is 0.244 e. The molecule has 1 saturated heterocycles. The molecule has 5 nitrogen and oxygen atoms in total. The maximum atomic E-state index is 12.6. The highest BCUT2D eigenvalue weighted by molar-refractivity contribution is 7.99. The summed E-state index contributed by atoms with van der Waals surface area (Å²) in [5, 5.41) is 3.50. The molecule has 2 aliphatic rings. The van der Waals surface area contributed by atoms with Crippen molar-refractivity contribution in [3.05, 3.63) is 65.7 Å². The van der Waals surface area contributed by atoms with Gasteiger partial charge in [-0.3, -0.25) is 19.3 Å². The number of halogens is 1. The molecular weight excluding hydrogens is 408 g/mol. The summed E-state index contributed by atoms with van der Waals surface area (Å²) in [5.74, 6) is -1.53. The number of imide groups is 1. The number of allylic oxidation sites excluding steroid dienone is 2. The minimum absolute atomic E-state index is 0.247. The minimum Gasteiger partial charge on any atom is -0.323 e. The van der Waals surface area contributed by atoms with Crippen molar-refractivity contribution in [1.29, 1.82) is 0 Å². The van der Waals surface area contributed by atoms with E-state index < -0.39 is 0 Å². The van der Waals surface area contributed by atoms with E-state index in [1.807, 2.05) is 54.6 Å². The summed E-state index contributed by atoms with van der Waals surface area (Å²) in [6, 6.07) is 14.8. The molecule has 2 aromatic carbocycles. The van der Waals surface area contributed by atoms with Crippen molar-refractivity contribution in [3.63, 3.8) is 0 Å². The summed E-state index contributed by atoms with van der Waals surface area (Å²) < 4.78 is 0. The molecule has 0 saturated carbocycles. The number of hydrogen-bond acceptors (Lipinski definition) is 4. The molecular formula is C22H19ClN2O3S. The molecule has 2 atom stereocenters. The molecule has 2 unspecified atom stereocenters. The van der Waals surface area contributed by atoms with Crippen LogP contribution in [0.25, 0.3) is 0 Å². The third kappa shape index (κ3) is 4.23. The van der Waals surface area contributed by atoms with Crippen LogP contribution in [0.1, 0.15) is 12.8 Å². The zero-order valence-corrected chi connectivity index (χ0v) is 17.1. The lowest BCUT2D eigenvalue weighted by atomic mass is 9.85. The third-order valence-corrected chi connectivity index (χ3v) is 6.44. The number of para-hydroxylation sites is 1. The zero-order chi connectivity index (χ0) is 20.4. The van der Waals surface area contributed by atoms with Crippen molar-refractivity contribution in [2.24, 2.45) is 11.8 Å². The molecule has 1 heterocycles. The van der Waals surface area contributed by atoms with E-state index in [2.05, 4.69) is 5.32 Å². The van der Waals surface area contributed by atoms with Gasteiger partial charge >= 0.3 is 0 Å². The lowest BCUT2D eigenvalue weighted by molar-refractivity contribution is -0.142. The molecule has 1 aliphatic carbocycles. The summed E-state index contributed by atoms with van der Waals surface area (Å²) in [5.41, 5.74) is 0.635. The van der Waals surface area contributed by atoms with Gasteiger partial charge in [-0.15, -0.1) is 0 Å². The number of nitrogens with zero attached hydrogens (tertiary/aromatic N) is 1. The number of anilines is 1. The van der Waals surface area contributed by atoms with Gasteiger partial charge in [0.2, 0.25) is 17.7 Å². The first-order chi connectivity index (χ1) is 14.0. The van der Waals surface area contributed by atoms with Crippen LogP contribution in [0, 0.1) is 11.8 Å². The predicted molar refractivity (Wildman–Crippen MR) is 113 cm³/mol. The van der Waals surface area contributed by atoms with E-state index in [9.17, 15) is 14.4 Å². The van der Waals surface area contributed by atoms with E-state index in [-0.39, 0.29) is 36.1 Å². The number of likely N-dealkylation sites (tertiary alicyclic amines) is 1. The van der Waals surface area contributed by atoms with Gasteiger partial charge < -0.3 is 5.32 Å². The second-order valence-corrected chi connectivity index (χ2v) is 8.57. The van der Waals surface area contributed by atoms with Crippen molar-refractivity contribution in [2.75, 3.05) is 11.9 Å². The lowest BCUT2D eigenvalue weighted by Crippen LogP contribution is -2.38. The van der Waals surface area contributed by atoms with Crippen LogP contribution >= 0.6 is 23.4 Å². The Morgan fingerprint density at radius 2 is 1.62 bits per heavy atom. The van der Waals surface area contributed by atoms with Gasteiger partial charge in [-0.25, -0.2) is 0 Å². The highest BCUT2D eigenvalue weighted by Crippen LogP contribution is 2.36. The summed E-state index contributed by atoms with van der Waals surface area (Å²) >= 11 is 7.43. The largest absolute Gasteiger partial charge is 0.323 e. The molecule has 0 aromatic heterocycles. The van der Waals surface area contributed by atoms with Crippen LogP contribution in [-0.4, -0.2) is 29.2 Å². The van der Waals surface area contributed by atoms with E-state index >= 15 is 0 Å². The Labute approximate surface area is 178 Å². The topological polar surface area (TPSA) is 66.5 Å². The Morgan fingerprint density at radius 3 is 2.28 bits per heavy atom. The Hall–Kier alpha value is -2.57. The van der Waals surface area contributed by atoms with Gasteiger partial charge in [0.25, 0.3) is 0 Å². The second kappa shape index (κ2) is 8.43. The van der Waals surface area contributed by atoms with Crippen LogP contribution in [0.3, 0.4) is 0 Å². The lowest BCUT2D eigenvalue weighted by Gasteiger charge is -2.16. The van der Waals surface area contributed by atoms with Gasteiger partial charge in [0.1, 0.15) is 6.54 Å². The van der Waals surface area contributed by atoms with Crippen LogP contribution < -0.4 is 5.32 Å².